The Morgan fingerprint density at radius 2 is 1.82 bits per heavy atom. The lowest BCUT2D eigenvalue weighted by Crippen LogP contribution is -2.45. The van der Waals surface area contributed by atoms with E-state index in [0.29, 0.717) is 25.7 Å². The van der Waals surface area contributed by atoms with Crippen LogP contribution in [0.1, 0.15) is 25.7 Å². The lowest BCUT2D eigenvalue weighted by molar-refractivity contribution is -0.0160. The summed E-state index contributed by atoms with van der Waals surface area (Å²) in [6.45, 7) is 0.253. The third-order valence-electron chi connectivity index (χ3n) is 2.60. The maximum absolute atomic E-state index is 13.2. The van der Waals surface area contributed by atoms with Crippen LogP contribution in [0.3, 0.4) is 0 Å². The van der Waals surface area contributed by atoms with Crippen LogP contribution < -0.4 is 5.73 Å². The highest BCUT2D eigenvalue weighted by Gasteiger charge is 2.37. The second-order valence-electron chi connectivity index (χ2n) is 3.84. The molecule has 0 spiro atoms. The Balaban J connectivity index is 2.48. The van der Waals surface area contributed by atoms with Crippen molar-refractivity contribution in [3.05, 3.63) is 0 Å². The van der Waals surface area contributed by atoms with Gasteiger partial charge >= 0.3 is 0 Å². The van der Waals surface area contributed by atoms with E-state index < -0.39 is 11.2 Å². The average molecular weight is 159 g/mol. The van der Waals surface area contributed by atoms with Gasteiger partial charge in [0.25, 0.3) is 0 Å². The molecule has 1 rings (SSSR count). The van der Waals surface area contributed by atoms with Crippen molar-refractivity contribution in [2.75, 3.05) is 6.54 Å². The number of alkyl halides is 1. The number of aliphatic hydroxyl groups is 1. The molecule has 3 N–H and O–H groups in total. The summed E-state index contributed by atoms with van der Waals surface area (Å²) in [6.07, 6.45) is 1.86. The first-order valence-corrected chi connectivity index (χ1v) is 4.09. The molecule has 2 nitrogen and oxygen atoms in total. The lowest BCUT2D eigenvalue weighted by Gasteiger charge is -2.37. The predicted octanol–water partition coefficient (Wildman–Crippen LogP) is -0.451. The summed E-state index contributed by atoms with van der Waals surface area (Å²) in [7, 11) is 1.59. The molecule has 0 radical (unpaired) electrons. The molecule has 0 saturated heterocycles. The predicted molar refractivity (Wildman–Crippen MR) is 44.9 cm³/mol. The molecule has 4 heteroatoms. The lowest BCUT2D eigenvalue weighted by atomic mass is 9.67. The van der Waals surface area contributed by atoms with Crippen LogP contribution in [0.4, 0.5) is 4.39 Å². The van der Waals surface area contributed by atoms with Crippen molar-refractivity contribution in [2.24, 2.45) is 5.73 Å². The maximum Gasteiger partial charge on any atom is 0.150 e. The molecule has 0 aromatic rings. The Kier molecular flexibility index (Phi) is 2.26. The monoisotopic (exact) mass is 159 g/mol. The molecule has 1 fully saturated rings. The molecular weight excluding hydrogens is 144 g/mol. The van der Waals surface area contributed by atoms with Crippen molar-refractivity contribution >= 4 is 7.85 Å². The van der Waals surface area contributed by atoms with Gasteiger partial charge in [0, 0.05) is 6.54 Å². The van der Waals surface area contributed by atoms with Crippen molar-refractivity contribution in [1.29, 1.82) is 0 Å². The van der Waals surface area contributed by atoms with Crippen molar-refractivity contribution in [1.82, 2.24) is 0 Å². The van der Waals surface area contributed by atoms with Gasteiger partial charge in [-0.3, -0.25) is 4.39 Å². The Morgan fingerprint density at radius 3 is 2.18 bits per heavy atom. The molecule has 0 aromatic heterocycles. The minimum Gasteiger partial charge on any atom is -0.389 e. The second kappa shape index (κ2) is 2.75. The highest BCUT2D eigenvalue weighted by atomic mass is 19.1. The number of halogens is 1. The van der Waals surface area contributed by atoms with E-state index in [-0.39, 0.29) is 6.54 Å². The maximum atomic E-state index is 13.2. The van der Waals surface area contributed by atoms with Gasteiger partial charge < -0.3 is 10.8 Å². The van der Waals surface area contributed by atoms with E-state index in [4.69, 9.17) is 5.73 Å². The van der Waals surface area contributed by atoms with Crippen LogP contribution in [0.25, 0.3) is 0 Å². The Hall–Kier alpha value is -0.0851. The van der Waals surface area contributed by atoms with Gasteiger partial charge in [0.1, 0.15) is 7.85 Å². The van der Waals surface area contributed by atoms with Gasteiger partial charge in [-0.15, -0.1) is 0 Å². The topological polar surface area (TPSA) is 46.2 Å². The molecule has 11 heavy (non-hydrogen) atoms. The molecule has 0 unspecified atom stereocenters. The van der Waals surface area contributed by atoms with Crippen molar-refractivity contribution < 1.29 is 9.50 Å². The summed E-state index contributed by atoms with van der Waals surface area (Å²) in [5.74, 6) is 0. The summed E-state index contributed by atoms with van der Waals surface area (Å²) in [6, 6.07) is 0. The molecule has 64 valence electrons. The smallest absolute Gasteiger partial charge is 0.150 e. The quantitative estimate of drug-likeness (QED) is 0.509. The zero-order valence-corrected chi connectivity index (χ0v) is 6.94. The number of rotatable bonds is 1. The number of nitrogens with two attached hydrogens (primary N) is 1. The minimum absolute atomic E-state index is 0.253. The van der Waals surface area contributed by atoms with Crippen LogP contribution in [0.5, 0.6) is 0 Å². The summed E-state index contributed by atoms with van der Waals surface area (Å²) in [5, 5.41) is 9.62. The molecule has 1 aliphatic rings. The van der Waals surface area contributed by atoms with Gasteiger partial charge in [-0.25, -0.2) is 0 Å². The van der Waals surface area contributed by atoms with Crippen molar-refractivity contribution in [3.8, 4) is 0 Å². The van der Waals surface area contributed by atoms with Crippen LogP contribution in [0, 0.1) is 0 Å². The summed E-state index contributed by atoms with van der Waals surface area (Å²) < 4.78 is 13.2. The summed E-state index contributed by atoms with van der Waals surface area (Å²) in [4.78, 5) is 0. The molecule has 0 heterocycles. The minimum atomic E-state index is -1.08. The third-order valence-corrected chi connectivity index (χ3v) is 2.60. The highest BCUT2D eigenvalue weighted by molar-refractivity contribution is 6.14. The Morgan fingerprint density at radius 1 is 1.36 bits per heavy atom. The fraction of sp³-hybridized carbons (Fsp3) is 1.00. The van der Waals surface area contributed by atoms with Gasteiger partial charge in [0.2, 0.25) is 0 Å². The van der Waals surface area contributed by atoms with Crippen LogP contribution in [0.15, 0.2) is 0 Å². The van der Waals surface area contributed by atoms with Crippen LogP contribution in [-0.2, 0) is 0 Å². The van der Waals surface area contributed by atoms with Gasteiger partial charge in [0.15, 0.2) is 0 Å². The van der Waals surface area contributed by atoms with E-state index in [0.717, 1.165) is 0 Å². The number of hydrogen-bond donors (Lipinski definition) is 2. The van der Waals surface area contributed by atoms with E-state index in [1.54, 1.807) is 7.85 Å². The van der Waals surface area contributed by atoms with Crippen LogP contribution in [0.2, 0.25) is 0 Å². The van der Waals surface area contributed by atoms with E-state index in [1.165, 1.54) is 0 Å². The van der Waals surface area contributed by atoms with E-state index in [9.17, 15) is 9.50 Å². The molecule has 0 aliphatic heterocycles. The van der Waals surface area contributed by atoms with Gasteiger partial charge in [0.05, 0.1) is 11.2 Å². The van der Waals surface area contributed by atoms with Crippen molar-refractivity contribution in [2.45, 2.75) is 36.9 Å². The zero-order valence-electron chi connectivity index (χ0n) is 6.94. The second-order valence-corrected chi connectivity index (χ2v) is 3.84. The fourth-order valence-electron chi connectivity index (χ4n) is 1.44. The Bertz CT molecular complexity index is 141. The van der Waals surface area contributed by atoms with Crippen LogP contribution in [-0.4, -0.2) is 30.7 Å². The molecule has 1 saturated carbocycles. The molecule has 0 atom stereocenters. The Labute approximate surface area is 67.4 Å². The summed E-state index contributed by atoms with van der Waals surface area (Å²) in [5.41, 5.74) is 3.49. The molecular formula is C7H15BFNO. The first kappa shape index (κ1) is 9.01. The van der Waals surface area contributed by atoms with Gasteiger partial charge in [-0.05, 0) is 25.7 Å². The molecule has 0 aromatic carbocycles. The van der Waals surface area contributed by atoms with Crippen LogP contribution >= 0.6 is 0 Å². The first-order valence-electron chi connectivity index (χ1n) is 4.09. The molecule has 0 amide bonds. The zero-order chi connectivity index (χ0) is 8.54. The third kappa shape index (κ3) is 2.17. The average Bonchev–Trinajstić information content (AvgIpc) is 1.97. The van der Waals surface area contributed by atoms with E-state index >= 15 is 0 Å². The SMILES string of the molecule is BC1(F)CCC(O)(CN)CC1. The van der Waals surface area contributed by atoms with E-state index in [1.807, 2.05) is 0 Å². The van der Waals surface area contributed by atoms with Gasteiger partial charge in [-0.2, -0.15) is 0 Å². The largest absolute Gasteiger partial charge is 0.389 e. The number of hydrogen-bond acceptors (Lipinski definition) is 2. The standard InChI is InChI=1S/C7H15BFNO/c8-7(9)3-1-6(11,5-10)2-4-7/h11H,1-5,8,10H2. The summed E-state index contributed by atoms with van der Waals surface area (Å²) >= 11 is 0. The molecule has 1 aliphatic carbocycles. The highest BCUT2D eigenvalue weighted by Crippen LogP contribution is 2.34. The van der Waals surface area contributed by atoms with Crippen molar-refractivity contribution in [3.63, 3.8) is 0 Å². The van der Waals surface area contributed by atoms with Gasteiger partial charge in [-0.1, -0.05) is 0 Å². The molecule has 0 bridgehead atoms. The fourth-order valence-corrected chi connectivity index (χ4v) is 1.44. The first-order chi connectivity index (χ1) is 4.97. The van der Waals surface area contributed by atoms with E-state index in [2.05, 4.69) is 0 Å². The normalized spacial score (nSPS) is 45.7.